The number of carbonyl (C=O) groups excluding carboxylic acids is 1. The quantitative estimate of drug-likeness (QED) is 0.295. The second-order valence-electron chi connectivity index (χ2n) is 10.4. The lowest BCUT2D eigenvalue weighted by Crippen LogP contribution is -2.23. The van der Waals surface area contributed by atoms with Crippen molar-refractivity contribution in [2.45, 2.75) is 36.5 Å². The molecule has 38 heavy (non-hydrogen) atoms. The summed E-state index contributed by atoms with van der Waals surface area (Å²) in [5, 5.41) is 9.43. The Hall–Kier alpha value is -2.92. The maximum absolute atomic E-state index is 12.9. The van der Waals surface area contributed by atoms with Crippen molar-refractivity contribution in [3.63, 3.8) is 0 Å². The van der Waals surface area contributed by atoms with Gasteiger partial charge in [0.05, 0.1) is 5.56 Å². The van der Waals surface area contributed by atoms with Gasteiger partial charge in [0, 0.05) is 33.4 Å². The smallest absolute Gasteiger partial charge is 0.343 e. The SMILES string of the molecule is CN(C)C(=O)c1cccc(-c2nnc(SCCCN3CCC4(CC4c4ccc(C(F)(F)F)cc4)C3)n2C)n1. The second-order valence-corrected chi connectivity index (χ2v) is 11.5. The van der Waals surface area contributed by atoms with Gasteiger partial charge < -0.3 is 14.4 Å². The molecule has 1 saturated carbocycles. The molecule has 5 rings (SSSR count). The molecule has 0 N–H and O–H groups in total. The van der Waals surface area contributed by atoms with Crippen LogP contribution < -0.4 is 0 Å². The van der Waals surface area contributed by atoms with Crippen molar-refractivity contribution < 1.29 is 18.0 Å². The largest absolute Gasteiger partial charge is 0.416 e. The van der Waals surface area contributed by atoms with Crippen molar-refractivity contribution in [2.24, 2.45) is 12.5 Å². The highest BCUT2D eigenvalue weighted by molar-refractivity contribution is 7.99. The lowest BCUT2D eigenvalue weighted by Gasteiger charge is -2.16. The van der Waals surface area contributed by atoms with Gasteiger partial charge in [0.25, 0.3) is 5.91 Å². The van der Waals surface area contributed by atoms with E-state index in [1.807, 2.05) is 17.7 Å². The van der Waals surface area contributed by atoms with Gasteiger partial charge in [-0.2, -0.15) is 13.2 Å². The Morgan fingerprint density at radius 3 is 2.63 bits per heavy atom. The molecule has 11 heteroatoms. The average Bonchev–Trinajstić information content (AvgIpc) is 3.23. The van der Waals surface area contributed by atoms with Gasteiger partial charge in [-0.3, -0.25) is 4.79 Å². The topological polar surface area (TPSA) is 67.2 Å². The summed E-state index contributed by atoms with van der Waals surface area (Å²) in [5.74, 6) is 1.71. The molecule has 1 aliphatic heterocycles. The van der Waals surface area contributed by atoms with Crippen molar-refractivity contribution in [3.8, 4) is 11.5 Å². The first-order valence-electron chi connectivity index (χ1n) is 12.7. The van der Waals surface area contributed by atoms with E-state index in [1.54, 1.807) is 50.1 Å². The Kier molecular flexibility index (Phi) is 7.25. The normalized spacial score (nSPS) is 21.3. The van der Waals surface area contributed by atoms with Crippen molar-refractivity contribution in [1.82, 2.24) is 29.5 Å². The van der Waals surface area contributed by atoms with Gasteiger partial charge in [-0.1, -0.05) is 30.0 Å². The van der Waals surface area contributed by atoms with Crippen LogP contribution in [-0.4, -0.2) is 74.9 Å². The molecular weight excluding hydrogens is 513 g/mol. The number of hydrogen-bond donors (Lipinski definition) is 0. The number of nitrogens with zero attached hydrogens (tertiary/aromatic N) is 6. The fraction of sp³-hybridized carbons (Fsp3) is 0.481. The predicted molar refractivity (Wildman–Crippen MR) is 140 cm³/mol. The van der Waals surface area contributed by atoms with E-state index in [2.05, 4.69) is 20.1 Å². The number of aromatic nitrogens is 4. The number of pyridine rings is 1. The van der Waals surface area contributed by atoms with E-state index < -0.39 is 11.7 Å². The Bertz CT molecular complexity index is 1310. The van der Waals surface area contributed by atoms with Crippen LogP contribution in [0, 0.1) is 5.41 Å². The lowest BCUT2D eigenvalue weighted by atomic mass is 9.97. The summed E-state index contributed by atoms with van der Waals surface area (Å²) in [6.45, 7) is 3.02. The molecule has 1 spiro atoms. The summed E-state index contributed by atoms with van der Waals surface area (Å²) in [6, 6.07) is 11.0. The molecule has 2 aromatic heterocycles. The molecule has 202 valence electrons. The molecule has 0 radical (unpaired) electrons. The number of amides is 1. The summed E-state index contributed by atoms with van der Waals surface area (Å²) in [6.07, 6.45) is -1.14. The van der Waals surface area contributed by atoms with Crippen LogP contribution >= 0.6 is 11.8 Å². The van der Waals surface area contributed by atoms with E-state index in [1.165, 1.54) is 17.0 Å². The molecule has 3 aromatic rings. The van der Waals surface area contributed by atoms with Crippen LogP contribution in [0.1, 0.15) is 46.8 Å². The number of rotatable bonds is 8. The predicted octanol–water partition coefficient (Wildman–Crippen LogP) is 4.96. The molecule has 7 nitrogen and oxygen atoms in total. The molecule has 0 bridgehead atoms. The number of hydrogen-bond acceptors (Lipinski definition) is 6. The zero-order valence-corrected chi connectivity index (χ0v) is 22.5. The first-order valence-corrected chi connectivity index (χ1v) is 13.7. The third-order valence-corrected chi connectivity index (χ3v) is 8.69. The number of alkyl halides is 3. The zero-order chi connectivity index (χ0) is 27.1. The van der Waals surface area contributed by atoms with Gasteiger partial charge in [-0.05, 0) is 73.5 Å². The summed E-state index contributed by atoms with van der Waals surface area (Å²) >= 11 is 1.65. The fourth-order valence-corrected chi connectivity index (χ4v) is 6.21. The van der Waals surface area contributed by atoms with E-state index in [0.717, 1.165) is 55.4 Å². The number of likely N-dealkylation sites (tertiary alicyclic amines) is 1. The molecule has 1 aliphatic carbocycles. The van der Waals surface area contributed by atoms with E-state index in [0.29, 0.717) is 23.1 Å². The van der Waals surface area contributed by atoms with Gasteiger partial charge in [-0.25, -0.2) is 4.98 Å². The van der Waals surface area contributed by atoms with E-state index in [4.69, 9.17) is 0 Å². The highest BCUT2D eigenvalue weighted by atomic mass is 32.2. The fourth-order valence-electron chi connectivity index (χ4n) is 5.37. The minimum Gasteiger partial charge on any atom is -0.343 e. The van der Waals surface area contributed by atoms with Crippen LogP contribution in [-0.2, 0) is 13.2 Å². The Balaban J connectivity index is 1.10. The van der Waals surface area contributed by atoms with Crippen LogP contribution in [0.15, 0.2) is 47.6 Å². The number of halogens is 3. The summed E-state index contributed by atoms with van der Waals surface area (Å²) in [5.41, 5.74) is 1.64. The van der Waals surface area contributed by atoms with E-state index in [-0.39, 0.29) is 11.3 Å². The Morgan fingerprint density at radius 2 is 1.92 bits per heavy atom. The molecule has 2 atom stereocenters. The molecule has 2 aliphatic rings. The van der Waals surface area contributed by atoms with Gasteiger partial charge in [0.2, 0.25) is 0 Å². The van der Waals surface area contributed by atoms with Crippen molar-refractivity contribution in [2.75, 3.05) is 39.5 Å². The van der Waals surface area contributed by atoms with Crippen LogP contribution in [0.5, 0.6) is 0 Å². The number of thioether (sulfide) groups is 1. The van der Waals surface area contributed by atoms with Crippen LogP contribution in [0.4, 0.5) is 13.2 Å². The minimum absolute atomic E-state index is 0.163. The van der Waals surface area contributed by atoms with Crippen molar-refractivity contribution in [1.29, 1.82) is 0 Å². The van der Waals surface area contributed by atoms with Crippen LogP contribution in [0.3, 0.4) is 0 Å². The monoisotopic (exact) mass is 544 g/mol. The van der Waals surface area contributed by atoms with Gasteiger partial charge >= 0.3 is 6.18 Å². The lowest BCUT2D eigenvalue weighted by molar-refractivity contribution is -0.137. The highest BCUT2D eigenvalue weighted by Crippen LogP contribution is 2.64. The number of carbonyl (C=O) groups is 1. The van der Waals surface area contributed by atoms with Crippen molar-refractivity contribution in [3.05, 3.63) is 59.3 Å². The Morgan fingerprint density at radius 1 is 1.16 bits per heavy atom. The third-order valence-electron chi connectivity index (χ3n) is 7.58. The first kappa shape index (κ1) is 26.7. The minimum atomic E-state index is -4.29. The summed E-state index contributed by atoms with van der Waals surface area (Å²) in [7, 11) is 5.29. The maximum Gasteiger partial charge on any atom is 0.416 e. The highest BCUT2D eigenvalue weighted by Gasteiger charge is 2.57. The van der Waals surface area contributed by atoms with E-state index in [9.17, 15) is 18.0 Å². The van der Waals surface area contributed by atoms with Gasteiger partial charge in [-0.15, -0.1) is 10.2 Å². The summed E-state index contributed by atoms with van der Waals surface area (Å²) < 4.78 is 40.5. The first-order chi connectivity index (χ1) is 18.1. The Labute approximate surface area is 224 Å². The molecule has 1 aromatic carbocycles. The van der Waals surface area contributed by atoms with Gasteiger partial charge in [0.1, 0.15) is 11.4 Å². The molecule has 2 unspecified atom stereocenters. The molecule has 1 saturated heterocycles. The zero-order valence-electron chi connectivity index (χ0n) is 21.7. The maximum atomic E-state index is 12.9. The second kappa shape index (κ2) is 10.3. The van der Waals surface area contributed by atoms with Crippen LogP contribution in [0.2, 0.25) is 0 Å². The summed E-state index contributed by atoms with van der Waals surface area (Å²) in [4.78, 5) is 20.7. The molecule has 3 heterocycles. The van der Waals surface area contributed by atoms with Crippen LogP contribution in [0.25, 0.3) is 11.5 Å². The average molecular weight is 545 g/mol. The number of benzene rings is 1. The third kappa shape index (κ3) is 5.44. The van der Waals surface area contributed by atoms with E-state index >= 15 is 0 Å². The van der Waals surface area contributed by atoms with Crippen molar-refractivity contribution >= 4 is 17.7 Å². The van der Waals surface area contributed by atoms with Gasteiger partial charge in [0.15, 0.2) is 11.0 Å². The molecule has 2 fully saturated rings. The molecular formula is C27H31F3N6OS. The molecule has 1 amide bonds. The standard InChI is InChI=1S/C27H31F3N6OS/c1-34(2)24(37)22-7-4-6-21(31-22)23-32-33-25(35(23)3)38-15-5-13-36-14-12-26(17-36)16-20(26)18-8-10-19(11-9-18)27(28,29)30/h4,6-11,20H,5,12-17H2,1-3H3.